The number of amides is 1. The average Bonchev–Trinajstić information content (AvgIpc) is 3.30. The summed E-state index contributed by atoms with van der Waals surface area (Å²) < 4.78 is 22.2. The number of hydrogen-bond donors (Lipinski definition) is 1. The number of nitrogens with one attached hydrogen (secondary N) is 1. The Bertz CT molecular complexity index is 1200. The second-order valence-corrected chi connectivity index (χ2v) is 6.90. The van der Waals surface area contributed by atoms with E-state index in [1.807, 2.05) is 48.5 Å². The molecule has 3 aromatic carbocycles. The molecular weight excluding hydrogens is 394 g/mol. The van der Waals surface area contributed by atoms with E-state index in [4.69, 9.17) is 18.6 Å². The number of carbonyl (C=O) groups excluding carboxylic acids is 1. The summed E-state index contributed by atoms with van der Waals surface area (Å²) >= 11 is 0. The van der Waals surface area contributed by atoms with E-state index in [1.54, 1.807) is 32.4 Å². The van der Waals surface area contributed by atoms with Crippen molar-refractivity contribution >= 4 is 16.7 Å². The summed E-state index contributed by atoms with van der Waals surface area (Å²) in [7, 11) is 3.14. The molecule has 1 N–H and O–H groups in total. The van der Waals surface area contributed by atoms with Crippen LogP contribution >= 0.6 is 0 Å². The molecule has 0 aliphatic heterocycles. The predicted molar refractivity (Wildman–Crippen MR) is 118 cm³/mol. The number of rotatable bonds is 8. The standard InChI is InChI=1S/C25H23NO5/c1-28-22-9-5-8-19(24(22)29-2)15-26-25(27)23-13-12-21(31-23)16-30-20-11-10-17-6-3-4-7-18(17)14-20/h3-14H,15-16H2,1-2H3,(H,26,27). The van der Waals surface area contributed by atoms with E-state index < -0.39 is 0 Å². The Kier molecular flexibility index (Phi) is 6.08. The lowest BCUT2D eigenvalue weighted by atomic mass is 10.1. The minimum Gasteiger partial charge on any atom is -0.493 e. The lowest BCUT2D eigenvalue weighted by Crippen LogP contribution is -2.22. The van der Waals surface area contributed by atoms with E-state index in [9.17, 15) is 4.79 Å². The number of benzene rings is 3. The fourth-order valence-corrected chi connectivity index (χ4v) is 3.34. The van der Waals surface area contributed by atoms with Gasteiger partial charge in [0.15, 0.2) is 17.3 Å². The minimum absolute atomic E-state index is 0.221. The van der Waals surface area contributed by atoms with Crippen LogP contribution in [0.2, 0.25) is 0 Å². The van der Waals surface area contributed by atoms with Crippen LogP contribution in [0.4, 0.5) is 0 Å². The van der Waals surface area contributed by atoms with Gasteiger partial charge in [-0.3, -0.25) is 4.79 Å². The summed E-state index contributed by atoms with van der Waals surface area (Å²) in [5.74, 6) is 2.42. The van der Waals surface area contributed by atoms with Crippen molar-refractivity contribution in [3.63, 3.8) is 0 Å². The summed E-state index contributed by atoms with van der Waals surface area (Å²) in [6, 6.07) is 22.9. The van der Waals surface area contributed by atoms with Crippen LogP contribution in [0, 0.1) is 0 Å². The molecule has 0 unspecified atom stereocenters. The van der Waals surface area contributed by atoms with E-state index in [0.29, 0.717) is 17.3 Å². The normalized spacial score (nSPS) is 10.6. The second-order valence-electron chi connectivity index (χ2n) is 6.90. The SMILES string of the molecule is COc1cccc(CNC(=O)c2ccc(COc3ccc4ccccc4c3)o2)c1OC. The molecule has 0 spiro atoms. The molecule has 4 rings (SSSR count). The quantitative estimate of drug-likeness (QED) is 0.439. The van der Waals surface area contributed by atoms with Gasteiger partial charge in [0.05, 0.1) is 14.2 Å². The van der Waals surface area contributed by atoms with Crippen molar-refractivity contribution < 1.29 is 23.4 Å². The number of para-hydroxylation sites is 1. The molecule has 0 saturated carbocycles. The fraction of sp³-hybridized carbons (Fsp3) is 0.160. The predicted octanol–water partition coefficient (Wildman–Crippen LogP) is 4.96. The van der Waals surface area contributed by atoms with Gasteiger partial charge in [-0.1, -0.05) is 42.5 Å². The number of hydrogen-bond acceptors (Lipinski definition) is 5. The minimum atomic E-state index is -0.318. The third kappa shape index (κ3) is 4.64. The first-order valence-electron chi connectivity index (χ1n) is 9.86. The van der Waals surface area contributed by atoms with Gasteiger partial charge in [-0.25, -0.2) is 0 Å². The zero-order chi connectivity index (χ0) is 21.6. The Morgan fingerprint density at radius 3 is 2.55 bits per heavy atom. The maximum Gasteiger partial charge on any atom is 0.287 e. The van der Waals surface area contributed by atoms with Gasteiger partial charge in [0.2, 0.25) is 0 Å². The Labute approximate surface area is 180 Å². The number of ether oxygens (including phenoxy) is 3. The molecule has 4 aromatic rings. The zero-order valence-electron chi connectivity index (χ0n) is 17.4. The number of furan rings is 1. The van der Waals surface area contributed by atoms with Gasteiger partial charge >= 0.3 is 0 Å². The highest BCUT2D eigenvalue weighted by atomic mass is 16.5. The number of carbonyl (C=O) groups is 1. The Balaban J connectivity index is 1.36. The third-order valence-corrected chi connectivity index (χ3v) is 4.91. The van der Waals surface area contributed by atoms with Crippen LogP contribution in [0.15, 0.2) is 77.2 Å². The molecule has 0 fully saturated rings. The largest absolute Gasteiger partial charge is 0.493 e. The van der Waals surface area contributed by atoms with E-state index in [0.717, 1.165) is 22.1 Å². The van der Waals surface area contributed by atoms with Crippen LogP contribution in [0.25, 0.3) is 10.8 Å². The van der Waals surface area contributed by atoms with E-state index in [-0.39, 0.29) is 24.8 Å². The molecule has 1 amide bonds. The van der Waals surface area contributed by atoms with Gasteiger partial charge in [0.25, 0.3) is 5.91 Å². The van der Waals surface area contributed by atoms with Gasteiger partial charge < -0.3 is 23.9 Å². The molecule has 1 aromatic heterocycles. The third-order valence-electron chi connectivity index (χ3n) is 4.91. The van der Waals surface area contributed by atoms with Gasteiger partial charge in [0.1, 0.15) is 18.1 Å². The van der Waals surface area contributed by atoms with Crippen molar-refractivity contribution in [2.75, 3.05) is 14.2 Å². The molecule has 158 valence electrons. The molecular formula is C25H23NO5. The highest BCUT2D eigenvalue weighted by Crippen LogP contribution is 2.30. The summed E-state index contributed by atoms with van der Waals surface area (Å²) in [4.78, 5) is 12.5. The topological polar surface area (TPSA) is 69.9 Å². The fourth-order valence-electron chi connectivity index (χ4n) is 3.34. The van der Waals surface area contributed by atoms with Crippen molar-refractivity contribution in [1.82, 2.24) is 5.32 Å². The number of fused-ring (bicyclic) bond motifs is 1. The van der Waals surface area contributed by atoms with Crippen LogP contribution in [-0.2, 0) is 13.2 Å². The smallest absolute Gasteiger partial charge is 0.287 e. The summed E-state index contributed by atoms with van der Waals surface area (Å²) in [6.07, 6.45) is 0. The average molecular weight is 417 g/mol. The first kappa shape index (κ1) is 20.3. The van der Waals surface area contributed by atoms with Crippen LogP contribution in [0.5, 0.6) is 17.2 Å². The van der Waals surface area contributed by atoms with E-state index in [2.05, 4.69) is 11.4 Å². The maximum absolute atomic E-state index is 12.5. The molecule has 1 heterocycles. The highest BCUT2D eigenvalue weighted by Gasteiger charge is 2.14. The van der Waals surface area contributed by atoms with Crippen molar-refractivity contribution in [3.05, 3.63) is 89.9 Å². The molecule has 0 bridgehead atoms. The van der Waals surface area contributed by atoms with Gasteiger partial charge in [-0.2, -0.15) is 0 Å². The monoisotopic (exact) mass is 417 g/mol. The van der Waals surface area contributed by atoms with Crippen molar-refractivity contribution in [3.8, 4) is 17.2 Å². The van der Waals surface area contributed by atoms with Crippen molar-refractivity contribution in [1.29, 1.82) is 0 Å². The van der Waals surface area contributed by atoms with Crippen LogP contribution < -0.4 is 19.5 Å². The summed E-state index contributed by atoms with van der Waals surface area (Å²) in [5, 5.41) is 5.10. The summed E-state index contributed by atoms with van der Waals surface area (Å²) in [6.45, 7) is 0.512. The Hall–Kier alpha value is -3.93. The first-order valence-corrected chi connectivity index (χ1v) is 9.86. The van der Waals surface area contributed by atoms with Crippen LogP contribution in [0.1, 0.15) is 21.9 Å². The van der Waals surface area contributed by atoms with Gasteiger partial charge in [-0.05, 0) is 41.1 Å². The van der Waals surface area contributed by atoms with Gasteiger partial charge in [-0.15, -0.1) is 0 Å². The van der Waals surface area contributed by atoms with Crippen LogP contribution in [0.3, 0.4) is 0 Å². The number of methoxy groups -OCH3 is 2. The molecule has 0 saturated heterocycles. The van der Waals surface area contributed by atoms with Crippen molar-refractivity contribution in [2.24, 2.45) is 0 Å². The van der Waals surface area contributed by atoms with Crippen LogP contribution in [-0.4, -0.2) is 20.1 Å². The molecule has 6 heteroatoms. The summed E-state index contributed by atoms with van der Waals surface area (Å²) in [5.41, 5.74) is 0.807. The van der Waals surface area contributed by atoms with E-state index >= 15 is 0 Å². The maximum atomic E-state index is 12.5. The lowest BCUT2D eigenvalue weighted by Gasteiger charge is -2.12. The lowest BCUT2D eigenvalue weighted by molar-refractivity contribution is 0.0918. The van der Waals surface area contributed by atoms with E-state index in [1.165, 1.54) is 0 Å². The highest BCUT2D eigenvalue weighted by molar-refractivity contribution is 5.91. The first-order chi connectivity index (χ1) is 15.2. The molecule has 0 radical (unpaired) electrons. The zero-order valence-corrected chi connectivity index (χ0v) is 17.4. The molecule has 0 aliphatic carbocycles. The molecule has 0 atom stereocenters. The molecule has 31 heavy (non-hydrogen) atoms. The van der Waals surface area contributed by atoms with Crippen molar-refractivity contribution in [2.45, 2.75) is 13.2 Å². The molecule has 6 nitrogen and oxygen atoms in total. The Morgan fingerprint density at radius 2 is 1.74 bits per heavy atom. The second kappa shape index (κ2) is 9.26. The molecule has 0 aliphatic rings. The Morgan fingerprint density at radius 1 is 0.903 bits per heavy atom. The van der Waals surface area contributed by atoms with Gasteiger partial charge in [0, 0.05) is 12.1 Å².